The normalized spacial score (nSPS) is 11.2. The Hall–Kier alpha value is -2.56. The van der Waals surface area contributed by atoms with Gasteiger partial charge >= 0.3 is 0 Å². The van der Waals surface area contributed by atoms with Crippen molar-refractivity contribution in [3.05, 3.63) is 42.1 Å². The standard InChI is InChI=1S/C16H19N5/c1-10(2)11-4-6-12(7-5-11)14-15(13-8-9-18-19-13)20-21(3)16(14)17/h4-10H,17H2,1-3H3,(H,18,19). The molecule has 0 unspecified atom stereocenters. The average Bonchev–Trinajstić information content (AvgIpc) is 3.09. The number of nitrogen functional groups attached to an aromatic ring is 1. The summed E-state index contributed by atoms with van der Waals surface area (Å²) in [6.07, 6.45) is 1.71. The van der Waals surface area contributed by atoms with E-state index in [9.17, 15) is 0 Å². The second-order valence-electron chi connectivity index (χ2n) is 5.48. The highest BCUT2D eigenvalue weighted by molar-refractivity contribution is 5.87. The number of hydrogen-bond acceptors (Lipinski definition) is 3. The third kappa shape index (κ3) is 2.31. The molecule has 2 aromatic heterocycles. The van der Waals surface area contributed by atoms with Crippen molar-refractivity contribution < 1.29 is 0 Å². The maximum atomic E-state index is 6.21. The molecule has 0 aliphatic carbocycles. The molecule has 0 saturated carbocycles. The fraction of sp³-hybridized carbons (Fsp3) is 0.250. The van der Waals surface area contributed by atoms with Crippen LogP contribution in [0.25, 0.3) is 22.5 Å². The van der Waals surface area contributed by atoms with E-state index in [2.05, 4.69) is 53.4 Å². The number of rotatable bonds is 3. The topological polar surface area (TPSA) is 72.5 Å². The molecule has 3 rings (SSSR count). The molecule has 5 nitrogen and oxygen atoms in total. The third-order valence-electron chi connectivity index (χ3n) is 3.71. The number of aromatic nitrogens is 4. The SMILES string of the molecule is CC(C)c1ccc(-c2c(-c3ccn[nH]3)nn(C)c2N)cc1. The van der Waals surface area contributed by atoms with Gasteiger partial charge in [-0.1, -0.05) is 38.1 Å². The third-order valence-corrected chi connectivity index (χ3v) is 3.71. The molecule has 0 aliphatic heterocycles. The Morgan fingerprint density at radius 1 is 1.14 bits per heavy atom. The van der Waals surface area contributed by atoms with E-state index in [4.69, 9.17) is 5.73 Å². The number of anilines is 1. The number of nitrogens with zero attached hydrogens (tertiary/aromatic N) is 3. The summed E-state index contributed by atoms with van der Waals surface area (Å²) >= 11 is 0. The van der Waals surface area contributed by atoms with Crippen LogP contribution < -0.4 is 5.73 Å². The monoisotopic (exact) mass is 281 g/mol. The summed E-state index contributed by atoms with van der Waals surface area (Å²) in [5.74, 6) is 1.16. The first kappa shape index (κ1) is 13.4. The van der Waals surface area contributed by atoms with Crippen molar-refractivity contribution in [1.82, 2.24) is 20.0 Å². The second-order valence-corrected chi connectivity index (χ2v) is 5.48. The molecule has 0 amide bonds. The summed E-state index contributed by atoms with van der Waals surface area (Å²) in [4.78, 5) is 0. The summed E-state index contributed by atoms with van der Waals surface area (Å²) in [6.45, 7) is 4.37. The van der Waals surface area contributed by atoms with Crippen molar-refractivity contribution in [2.75, 3.05) is 5.73 Å². The summed E-state index contributed by atoms with van der Waals surface area (Å²) in [5.41, 5.74) is 11.2. The van der Waals surface area contributed by atoms with Gasteiger partial charge in [0.2, 0.25) is 0 Å². The molecule has 2 heterocycles. The number of nitrogens with two attached hydrogens (primary N) is 1. The van der Waals surface area contributed by atoms with E-state index in [1.165, 1.54) is 5.56 Å². The lowest BCUT2D eigenvalue weighted by atomic mass is 9.98. The van der Waals surface area contributed by atoms with Gasteiger partial charge < -0.3 is 5.73 Å². The highest BCUT2D eigenvalue weighted by Crippen LogP contribution is 2.35. The van der Waals surface area contributed by atoms with Gasteiger partial charge in [-0.05, 0) is 23.1 Å². The van der Waals surface area contributed by atoms with Crippen LogP contribution in [0.2, 0.25) is 0 Å². The van der Waals surface area contributed by atoms with E-state index in [1.807, 2.05) is 13.1 Å². The van der Waals surface area contributed by atoms with Crippen molar-refractivity contribution in [2.24, 2.45) is 7.05 Å². The maximum Gasteiger partial charge on any atom is 0.129 e. The lowest BCUT2D eigenvalue weighted by Gasteiger charge is -2.07. The molecule has 0 radical (unpaired) electrons. The van der Waals surface area contributed by atoms with Gasteiger partial charge in [0.05, 0.1) is 11.3 Å². The molecule has 21 heavy (non-hydrogen) atoms. The molecule has 0 fully saturated rings. The van der Waals surface area contributed by atoms with Gasteiger partial charge in [-0.3, -0.25) is 9.78 Å². The molecular formula is C16H19N5. The largest absolute Gasteiger partial charge is 0.383 e. The lowest BCUT2D eigenvalue weighted by molar-refractivity contribution is 0.781. The molecular weight excluding hydrogens is 262 g/mol. The van der Waals surface area contributed by atoms with Crippen molar-refractivity contribution in [2.45, 2.75) is 19.8 Å². The Bertz CT molecular complexity index is 736. The molecule has 0 saturated heterocycles. The van der Waals surface area contributed by atoms with Crippen LogP contribution in [0, 0.1) is 0 Å². The number of benzene rings is 1. The first-order valence-corrected chi connectivity index (χ1v) is 7.00. The average molecular weight is 281 g/mol. The zero-order valence-electron chi connectivity index (χ0n) is 12.5. The van der Waals surface area contributed by atoms with E-state index < -0.39 is 0 Å². The Morgan fingerprint density at radius 3 is 2.43 bits per heavy atom. The molecule has 1 aromatic carbocycles. The Morgan fingerprint density at radius 2 is 1.86 bits per heavy atom. The van der Waals surface area contributed by atoms with Gasteiger partial charge in [-0.2, -0.15) is 10.2 Å². The maximum absolute atomic E-state index is 6.21. The van der Waals surface area contributed by atoms with Crippen LogP contribution in [-0.2, 0) is 7.05 Å². The van der Waals surface area contributed by atoms with Gasteiger partial charge in [-0.25, -0.2) is 0 Å². The minimum Gasteiger partial charge on any atom is -0.383 e. The van der Waals surface area contributed by atoms with E-state index in [1.54, 1.807) is 10.9 Å². The molecule has 3 N–H and O–H groups in total. The van der Waals surface area contributed by atoms with Crippen LogP contribution in [0.3, 0.4) is 0 Å². The van der Waals surface area contributed by atoms with Crippen molar-refractivity contribution >= 4 is 5.82 Å². The lowest BCUT2D eigenvalue weighted by Crippen LogP contribution is -1.98. The number of aryl methyl sites for hydroxylation is 1. The fourth-order valence-electron chi connectivity index (χ4n) is 2.43. The molecule has 3 aromatic rings. The number of nitrogens with one attached hydrogen (secondary N) is 1. The zero-order chi connectivity index (χ0) is 15.0. The van der Waals surface area contributed by atoms with Crippen molar-refractivity contribution in [1.29, 1.82) is 0 Å². The highest BCUT2D eigenvalue weighted by atomic mass is 15.3. The first-order chi connectivity index (χ1) is 10.1. The van der Waals surface area contributed by atoms with Gasteiger partial charge in [0.25, 0.3) is 0 Å². The van der Waals surface area contributed by atoms with Crippen LogP contribution in [-0.4, -0.2) is 20.0 Å². The predicted octanol–water partition coefficient (Wildman–Crippen LogP) is 3.18. The van der Waals surface area contributed by atoms with Crippen molar-refractivity contribution in [3.8, 4) is 22.5 Å². The van der Waals surface area contributed by atoms with E-state index >= 15 is 0 Å². The quantitative estimate of drug-likeness (QED) is 0.774. The van der Waals surface area contributed by atoms with Crippen LogP contribution in [0.15, 0.2) is 36.5 Å². The molecule has 0 bridgehead atoms. The van der Waals surface area contributed by atoms with Gasteiger partial charge in [0.1, 0.15) is 11.5 Å². The van der Waals surface area contributed by atoms with Crippen molar-refractivity contribution in [3.63, 3.8) is 0 Å². The molecule has 0 aliphatic rings. The smallest absolute Gasteiger partial charge is 0.129 e. The van der Waals surface area contributed by atoms with Gasteiger partial charge in [-0.15, -0.1) is 0 Å². The Balaban J connectivity index is 2.13. The van der Waals surface area contributed by atoms with Crippen LogP contribution in [0.4, 0.5) is 5.82 Å². The first-order valence-electron chi connectivity index (χ1n) is 7.00. The zero-order valence-corrected chi connectivity index (χ0v) is 12.5. The molecule has 108 valence electrons. The van der Waals surface area contributed by atoms with Crippen LogP contribution in [0.1, 0.15) is 25.3 Å². The number of hydrogen-bond donors (Lipinski definition) is 2. The van der Waals surface area contributed by atoms with E-state index in [-0.39, 0.29) is 0 Å². The number of aromatic amines is 1. The van der Waals surface area contributed by atoms with Gasteiger partial charge in [0, 0.05) is 13.2 Å². The number of H-pyrrole nitrogens is 1. The summed E-state index contributed by atoms with van der Waals surface area (Å²) < 4.78 is 1.70. The van der Waals surface area contributed by atoms with Crippen LogP contribution >= 0.6 is 0 Å². The van der Waals surface area contributed by atoms with E-state index in [0.29, 0.717) is 11.7 Å². The second kappa shape index (κ2) is 5.09. The Kier molecular flexibility index (Phi) is 3.25. The Labute approximate surface area is 123 Å². The summed E-state index contributed by atoms with van der Waals surface area (Å²) in [7, 11) is 1.85. The summed E-state index contributed by atoms with van der Waals surface area (Å²) in [5, 5.41) is 11.5. The fourth-order valence-corrected chi connectivity index (χ4v) is 2.43. The highest BCUT2D eigenvalue weighted by Gasteiger charge is 2.18. The molecule has 0 atom stereocenters. The predicted molar refractivity (Wildman–Crippen MR) is 84.7 cm³/mol. The molecule has 5 heteroatoms. The molecule has 0 spiro atoms. The van der Waals surface area contributed by atoms with Crippen LogP contribution in [0.5, 0.6) is 0 Å². The summed E-state index contributed by atoms with van der Waals surface area (Å²) in [6, 6.07) is 10.4. The van der Waals surface area contributed by atoms with E-state index in [0.717, 1.165) is 22.5 Å². The minimum atomic E-state index is 0.511. The minimum absolute atomic E-state index is 0.511. The van der Waals surface area contributed by atoms with Gasteiger partial charge in [0.15, 0.2) is 0 Å².